The standard InChI is InChI=1S/C25H37BrN2O6/c1-7-10-27(14(4)5)23(31)21-25-12-16(26)20(34-25)18(24(32)33-11-8-2)19(25)22(30)28(21)17(13-29)15(6)9-3/h7-8,14-21,29H,1-2,9-13H2,3-6H3/t15-,16?,17-,18+,19-,20+,21?,25?/m0/s1. The van der Waals surface area contributed by atoms with Gasteiger partial charge in [0.1, 0.15) is 18.2 Å². The van der Waals surface area contributed by atoms with Gasteiger partial charge in [-0.15, -0.1) is 6.58 Å². The number of esters is 1. The van der Waals surface area contributed by atoms with Crippen LogP contribution in [-0.4, -0.2) is 87.1 Å². The van der Waals surface area contributed by atoms with Gasteiger partial charge >= 0.3 is 5.97 Å². The first-order valence-electron chi connectivity index (χ1n) is 12.0. The van der Waals surface area contributed by atoms with Crippen LogP contribution in [0.4, 0.5) is 0 Å². The molecule has 0 aromatic heterocycles. The van der Waals surface area contributed by atoms with E-state index >= 15 is 0 Å². The van der Waals surface area contributed by atoms with E-state index < -0.39 is 41.6 Å². The second-order valence-electron chi connectivity index (χ2n) is 9.84. The van der Waals surface area contributed by atoms with E-state index in [0.717, 1.165) is 0 Å². The minimum atomic E-state index is -1.18. The Morgan fingerprint density at radius 2 is 2.03 bits per heavy atom. The van der Waals surface area contributed by atoms with Crippen LogP contribution in [0.2, 0.25) is 0 Å². The monoisotopic (exact) mass is 540 g/mol. The Morgan fingerprint density at radius 3 is 2.56 bits per heavy atom. The lowest BCUT2D eigenvalue weighted by atomic mass is 9.70. The number of carbonyl (C=O) groups is 3. The predicted octanol–water partition coefficient (Wildman–Crippen LogP) is 2.29. The quantitative estimate of drug-likeness (QED) is 0.245. The summed E-state index contributed by atoms with van der Waals surface area (Å²) in [4.78, 5) is 44.2. The zero-order chi connectivity index (χ0) is 25.4. The van der Waals surface area contributed by atoms with E-state index in [4.69, 9.17) is 9.47 Å². The average Bonchev–Trinajstić information content (AvgIpc) is 3.39. The van der Waals surface area contributed by atoms with Gasteiger partial charge in [0.15, 0.2) is 0 Å². The molecule has 8 atom stereocenters. The smallest absolute Gasteiger partial charge is 0.312 e. The van der Waals surface area contributed by atoms with Crippen molar-refractivity contribution in [3.05, 3.63) is 25.3 Å². The van der Waals surface area contributed by atoms with Crippen molar-refractivity contribution in [3.8, 4) is 0 Å². The van der Waals surface area contributed by atoms with E-state index in [9.17, 15) is 19.5 Å². The molecule has 3 unspecified atom stereocenters. The average molecular weight is 541 g/mol. The predicted molar refractivity (Wildman–Crippen MR) is 131 cm³/mol. The maximum atomic E-state index is 14.1. The molecule has 0 radical (unpaired) electrons. The van der Waals surface area contributed by atoms with Crippen molar-refractivity contribution in [2.45, 2.75) is 75.2 Å². The van der Waals surface area contributed by atoms with Crippen molar-refractivity contribution >= 4 is 33.7 Å². The Kier molecular flexibility index (Phi) is 8.30. The Balaban J connectivity index is 2.14. The summed E-state index contributed by atoms with van der Waals surface area (Å²) in [6, 6.07) is -1.67. The largest absolute Gasteiger partial charge is 0.461 e. The maximum absolute atomic E-state index is 14.1. The number of likely N-dealkylation sites (tertiary alicyclic amines) is 1. The van der Waals surface area contributed by atoms with Gasteiger partial charge in [0, 0.05) is 17.4 Å². The minimum Gasteiger partial charge on any atom is -0.461 e. The van der Waals surface area contributed by atoms with Crippen LogP contribution in [0.1, 0.15) is 40.5 Å². The number of aliphatic hydroxyl groups is 1. The Hall–Kier alpha value is -1.71. The molecule has 3 aliphatic heterocycles. The summed E-state index contributed by atoms with van der Waals surface area (Å²) in [5, 5.41) is 10.3. The lowest BCUT2D eigenvalue weighted by Crippen LogP contribution is -2.60. The molecule has 0 aromatic carbocycles. The highest BCUT2D eigenvalue weighted by molar-refractivity contribution is 9.09. The molecule has 2 amide bonds. The molecular formula is C25H37BrN2O6. The maximum Gasteiger partial charge on any atom is 0.312 e. The van der Waals surface area contributed by atoms with Crippen molar-refractivity contribution in [2.24, 2.45) is 17.8 Å². The molecule has 3 rings (SSSR count). The lowest BCUT2D eigenvalue weighted by molar-refractivity contribution is -0.156. The highest BCUT2D eigenvalue weighted by Gasteiger charge is 2.77. The summed E-state index contributed by atoms with van der Waals surface area (Å²) in [5.41, 5.74) is -1.18. The van der Waals surface area contributed by atoms with E-state index in [2.05, 4.69) is 29.1 Å². The Labute approximate surface area is 210 Å². The number of hydrogen-bond donors (Lipinski definition) is 1. The molecule has 0 saturated carbocycles. The van der Waals surface area contributed by atoms with Gasteiger partial charge < -0.3 is 24.4 Å². The zero-order valence-corrected chi connectivity index (χ0v) is 22.1. The van der Waals surface area contributed by atoms with E-state index in [1.807, 2.05) is 27.7 Å². The Morgan fingerprint density at radius 1 is 1.35 bits per heavy atom. The molecule has 8 nitrogen and oxygen atoms in total. The molecule has 0 aromatic rings. The summed E-state index contributed by atoms with van der Waals surface area (Å²) >= 11 is 3.64. The van der Waals surface area contributed by atoms with Crippen molar-refractivity contribution < 1.29 is 29.0 Å². The van der Waals surface area contributed by atoms with Crippen molar-refractivity contribution in [3.63, 3.8) is 0 Å². The van der Waals surface area contributed by atoms with Gasteiger partial charge in [-0.05, 0) is 26.2 Å². The number of rotatable bonds is 11. The highest BCUT2D eigenvalue weighted by Crippen LogP contribution is 2.61. The van der Waals surface area contributed by atoms with Crippen LogP contribution in [0.25, 0.3) is 0 Å². The molecule has 1 spiro atoms. The van der Waals surface area contributed by atoms with Crippen LogP contribution in [0, 0.1) is 17.8 Å². The van der Waals surface area contributed by atoms with Crippen molar-refractivity contribution in [1.29, 1.82) is 0 Å². The van der Waals surface area contributed by atoms with E-state index in [-0.39, 0.29) is 41.8 Å². The number of amides is 2. The first-order chi connectivity index (χ1) is 16.1. The number of ether oxygens (including phenoxy) is 2. The molecule has 1 N–H and O–H groups in total. The van der Waals surface area contributed by atoms with Crippen LogP contribution in [0.3, 0.4) is 0 Å². The minimum absolute atomic E-state index is 0.0294. The summed E-state index contributed by atoms with van der Waals surface area (Å²) in [6.07, 6.45) is 3.67. The van der Waals surface area contributed by atoms with Crippen molar-refractivity contribution in [2.75, 3.05) is 19.8 Å². The fourth-order valence-electron chi connectivity index (χ4n) is 5.88. The molecule has 3 aliphatic rings. The van der Waals surface area contributed by atoms with E-state index in [1.54, 1.807) is 11.0 Å². The van der Waals surface area contributed by atoms with Crippen LogP contribution in [0.5, 0.6) is 0 Å². The highest BCUT2D eigenvalue weighted by atomic mass is 79.9. The molecule has 3 saturated heterocycles. The van der Waals surface area contributed by atoms with E-state index in [1.165, 1.54) is 11.0 Å². The first kappa shape index (κ1) is 26.9. The van der Waals surface area contributed by atoms with Crippen LogP contribution < -0.4 is 0 Å². The summed E-state index contributed by atoms with van der Waals surface area (Å²) in [7, 11) is 0. The molecule has 190 valence electrons. The van der Waals surface area contributed by atoms with Gasteiger partial charge in [0.2, 0.25) is 11.8 Å². The summed E-state index contributed by atoms with van der Waals surface area (Å²) in [6.45, 7) is 15.2. The third-order valence-corrected chi connectivity index (χ3v) is 8.50. The molecule has 3 fully saturated rings. The molecule has 2 bridgehead atoms. The third-order valence-electron chi connectivity index (χ3n) is 7.65. The second kappa shape index (κ2) is 10.5. The molecular weight excluding hydrogens is 504 g/mol. The van der Waals surface area contributed by atoms with E-state index in [0.29, 0.717) is 19.4 Å². The SMILES string of the molecule is C=CCOC(=O)[C@H]1[C@@H]2OC3(CC2Br)C(C(=O)N(CC=C)C(C)C)N([C@@H](CO)[C@@H](C)CC)C(=O)[C@H]13. The van der Waals surface area contributed by atoms with Crippen LogP contribution in [0.15, 0.2) is 25.3 Å². The molecule has 0 aliphatic carbocycles. The van der Waals surface area contributed by atoms with Gasteiger partial charge in [-0.25, -0.2) is 0 Å². The third kappa shape index (κ3) is 4.13. The van der Waals surface area contributed by atoms with Gasteiger partial charge in [0.05, 0.1) is 30.6 Å². The summed E-state index contributed by atoms with van der Waals surface area (Å²) in [5.74, 6) is -2.87. The lowest BCUT2D eigenvalue weighted by Gasteiger charge is -2.41. The molecule has 3 heterocycles. The Bertz CT molecular complexity index is 834. The fourth-order valence-corrected chi connectivity index (χ4v) is 6.82. The van der Waals surface area contributed by atoms with Gasteiger partial charge in [-0.1, -0.05) is 54.9 Å². The number of fused-ring (bicyclic) bond motifs is 1. The number of halogens is 1. The van der Waals surface area contributed by atoms with Crippen LogP contribution in [-0.2, 0) is 23.9 Å². The topological polar surface area (TPSA) is 96.4 Å². The number of hydrogen-bond acceptors (Lipinski definition) is 6. The first-order valence-corrected chi connectivity index (χ1v) is 13.0. The number of aliphatic hydroxyl groups excluding tert-OH is 1. The van der Waals surface area contributed by atoms with Gasteiger partial charge in [-0.3, -0.25) is 14.4 Å². The molecule has 34 heavy (non-hydrogen) atoms. The number of alkyl halides is 1. The molecule has 9 heteroatoms. The fraction of sp³-hybridized carbons (Fsp3) is 0.720. The number of nitrogens with zero attached hydrogens (tertiary/aromatic N) is 2. The van der Waals surface area contributed by atoms with Gasteiger partial charge in [0.25, 0.3) is 0 Å². The van der Waals surface area contributed by atoms with Crippen molar-refractivity contribution in [1.82, 2.24) is 9.80 Å². The number of carbonyl (C=O) groups excluding carboxylic acids is 3. The second-order valence-corrected chi connectivity index (χ2v) is 11.0. The summed E-state index contributed by atoms with van der Waals surface area (Å²) < 4.78 is 11.8. The normalized spacial score (nSPS) is 33.6. The van der Waals surface area contributed by atoms with Crippen LogP contribution >= 0.6 is 15.9 Å². The zero-order valence-electron chi connectivity index (χ0n) is 20.5. The van der Waals surface area contributed by atoms with Gasteiger partial charge in [-0.2, -0.15) is 0 Å².